The van der Waals surface area contributed by atoms with Crippen LogP contribution in [0.4, 0.5) is 0 Å². The number of hydrogen-bond acceptors (Lipinski definition) is 0. The Kier molecular flexibility index (Phi) is 4.95. The van der Waals surface area contributed by atoms with Gasteiger partial charge >= 0.3 is 0 Å². The second kappa shape index (κ2) is 4.63. The minimum absolute atomic E-state index is 0. The van der Waals surface area contributed by atoms with E-state index in [-0.39, 0.29) is 17.1 Å². The molecule has 1 N–H and O–H groups in total. The van der Waals surface area contributed by atoms with E-state index >= 15 is 0 Å². The van der Waals surface area contributed by atoms with E-state index in [1.54, 1.807) is 0 Å². The van der Waals surface area contributed by atoms with Crippen molar-refractivity contribution in [3.8, 4) is 0 Å². The minimum Gasteiger partial charge on any atom is -0.434 e. The van der Waals surface area contributed by atoms with Crippen LogP contribution in [0.3, 0.4) is 0 Å². The molecular weight excluding hydrogens is 140 g/mol. The summed E-state index contributed by atoms with van der Waals surface area (Å²) in [7, 11) is 0. The standard InChI is InChI=1S/C5H10O.Cu/c1-2-4-6-5-3-1;/h1-5H2;/p+1. The molecule has 0 saturated carbocycles. The van der Waals surface area contributed by atoms with Crippen molar-refractivity contribution in [1.29, 1.82) is 0 Å². The van der Waals surface area contributed by atoms with Gasteiger partial charge in [0.1, 0.15) is 13.2 Å². The Morgan fingerprint density at radius 2 is 1.43 bits per heavy atom. The topological polar surface area (TPSA) is 12.8 Å². The van der Waals surface area contributed by atoms with Gasteiger partial charge in [0.2, 0.25) is 0 Å². The molecule has 0 atom stereocenters. The summed E-state index contributed by atoms with van der Waals surface area (Å²) in [4.78, 5) is 0. The maximum absolute atomic E-state index is 4.18. The summed E-state index contributed by atoms with van der Waals surface area (Å²) in [6, 6.07) is 0. The summed E-state index contributed by atoms with van der Waals surface area (Å²) in [5.74, 6) is 0. The van der Waals surface area contributed by atoms with Crippen LogP contribution < -0.4 is 0 Å². The molecule has 1 radical (unpaired) electrons. The first kappa shape index (κ1) is 7.48. The van der Waals surface area contributed by atoms with E-state index in [0.717, 1.165) is 13.2 Å². The number of ether oxygens (including phenoxy) is 1. The molecule has 0 unspecified atom stereocenters. The van der Waals surface area contributed by atoms with E-state index < -0.39 is 0 Å². The number of rotatable bonds is 0. The summed E-state index contributed by atoms with van der Waals surface area (Å²) in [6.07, 6.45) is 4.07. The van der Waals surface area contributed by atoms with Gasteiger partial charge in [0, 0.05) is 29.9 Å². The molecule has 1 saturated heterocycles. The third kappa shape index (κ3) is 3.10. The van der Waals surface area contributed by atoms with E-state index in [1.807, 2.05) is 0 Å². The first-order valence-electron chi connectivity index (χ1n) is 2.63. The molecule has 7 heavy (non-hydrogen) atoms. The molecule has 0 aromatic carbocycles. The molecular formula is C5H11CuO+. The van der Waals surface area contributed by atoms with Crippen LogP contribution in [-0.2, 0) is 17.1 Å². The molecule has 0 aliphatic carbocycles. The smallest absolute Gasteiger partial charge is 0.144 e. The summed E-state index contributed by atoms with van der Waals surface area (Å²) >= 11 is 0. The van der Waals surface area contributed by atoms with E-state index in [9.17, 15) is 0 Å². The van der Waals surface area contributed by atoms with E-state index in [0.29, 0.717) is 0 Å². The average Bonchev–Trinajstić information content (AvgIpc) is 1.72. The summed E-state index contributed by atoms with van der Waals surface area (Å²) in [6.45, 7) is 2.25. The maximum Gasteiger partial charge on any atom is 0.144 e. The fraction of sp³-hybridized carbons (Fsp3) is 1.00. The van der Waals surface area contributed by atoms with Gasteiger partial charge in [-0.25, -0.2) is 0 Å². The Bertz CT molecular complexity index is 23.6. The summed E-state index contributed by atoms with van der Waals surface area (Å²) < 4.78 is 4.18. The molecule has 0 bridgehead atoms. The molecule has 47 valence electrons. The maximum atomic E-state index is 4.18. The Morgan fingerprint density at radius 3 is 1.57 bits per heavy atom. The normalized spacial score (nSPS) is 20.6. The van der Waals surface area contributed by atoms with Crippen LogP contribution >= 0.6 is 0 Å². The van der Waals surface area contributed by atoms with Crippen molar-refractivity contribution < 1.29 is 21.8 Å². The molecule has 1 aliphatic heterocycles. The molecule has 1 rings (SSSR count). The van der Waals surface area contributed by atoms with Crippen molar-refractivity contribution >= 4 is 0 Å². The molecule has 0 aromatic heterocycles. The predicted molar refractivity (Wildman–Crippen MR) is 25.8 cm³/mol. The molecule has 2 heteroatoms. The molecule has 1 heterocycles. The van der Waals surface area contributed by atoms with Gasteiger partial charge in [-0.15, -0.1) is 0 Å². The molecule has 1 nitrogen and oxygen atoms in total. The molecule has 1 aliphatic rings. The zero-order valence-corrected chi connectivity index (χ0v) is 5.23. The second-order valence-corrected chi connectivity index (χ2v) is 1.73. The van der Waals surface area contributed by atoms with E-state index in [4.69, 9.17) is 0 Å². The van der Waals surface area contributed by atoms with Gasteiger partial charge in [-0.1, -0.05) is 0 Å². The van der Waals surface area contributed by atoms with Crippen LogP contribution in [0.25, 0.3) is 0 Å². The van der Waals surface area contributed by atoms with Gasteiger partial charge in [0.25, 0.3) is 0 Å². The molecule has 0 amide bonds. The predicted octanol–water partition coefficient (Wildman–Crippen LogP) is 0.696. The van der Waals surface area contributed by atoms with Crippen molar-refractivity contribution in [1.82, 2.24) is 0 Å². The molecule has 0 aromatic rings. The number of aliphatic hydroxyl groups is 2. The van der Waals surface area contributed by atoms with Gasteiger partial charge in [-0.05, 0) is 6.42 Å². The van der Waals surface area contributed by atoms with Gasteiger partial charge in [-0.2, -0.15) is 0 Å². The van der Waals surface area contributed by atoms with Crippen LogP contribution in [0.1, 0.15) is 19.3 Å². The van der Waals surface area contributed by atoms with Gasteiger partial charge in [0.15, 0.2) is 0 Å². The van der Waals surface area contributed by atoms with Crippen LogP contribution in [0.15, 0.2) is 0 Å². The Balaban J connectivity index is 0.000000360. The summed E-state index contributed by atoms with van der Waals surface area (Å²) in [5.41, 5.74) is 0. The van der Waals surface area contributed by atoms with Crippen LogP contribution in [0, 0.1) is 0 Å². The first-order valence-corrected chi connectivity index (χ1v) is 2.63. The zero-order chi connectivity index (χ0) is 4.24. The second-order valence-electron chi connectivity index (χ2n) is 1.73. The van der Waals surface area contributed by atoms with Crippen LogP contribution in [-0.4, -0.2) is 18.0 Å². The third-order valence-corrected chi connectivity index (χ3v) is 1.13. The van der Waals surface area contributed by atoms with Crippen molar-refractivity contribution in [3.05, 3.63) is 0 Å². The Morgan fingerprint density at radius 1 is 0.857 bits per heavy atom. The van der Waals surface area contributed by atoms with Crippen molar-refractivity contribution in [2.24, 2.45) is 0 Å². The Hall–Kier alpha value is 0.479. The van der Waals surface area contributed by atoms with Crippen molar-refractivity contribution in [2.45, 2.75) is 19.3 Å². The van der Waals surface area contributed by atoms with Gasteiger partial charge < -0.3 is 4.74 Å². The number of hydrogen-bond donors (Lipinski definition) is 0. The SMILES string of the molecule is C1CC[OH+]CC1.[Cu]. The van der Waals surface area contributed by atoms with E-state index in [2.05, 4.69) is 4.74 Å². The van der Waals surface area contributed by atoms with Gasteiger partial charge in [-0.3, -0.25) is 0 Å². The monoisotopic (exact) mass is 150 g/mol. The largest absolute Gasteiger partial charge is 0.434 e. The molecule has 1 fully saturated rings. The van der Waals surface area contributed by atoms with Gasteiger partial charge in [0.05, 0.1) is 0 Å². The first-order chi connectivity index (χ1) is 3.00. The molecule has 0 spiro atoms. The summed E-state index contributed by atoms with van der Waals surface area (Å²) in [5, 5.41) is 0. The fourth-order valence-electron chi connectivity index (χ4n) is 0.736. The van der Waals surface area contributed by atoms with Crippen LogP contribution in [0.5, 0.6) is 0 Å². The van der Waals surface area contributed by atoms with Crippen molar-refractivity contribution in [2.75, 3.05) is 13.2 Å². The third-order valence-electron chi connectivity index (χ3n) is 1.13. The quantitative estimate of drug-likeness (QED) is 0.356. The zero-order valence-electron chi connectivity index (χ0n) is 4.28. The average molecular weight is 151 g/mol. The minimum atomic E-state index is 0. The van der Waals surface area contributed by atoms with E-state index in [1.165, 1.54) is 19.3 Å². The van der Waals surface area contributed by atoms with Crippen molar-refractivity contribution in [3.63, 3.8) is 0 Å². The van der Waals surface area contributed by atoms with Crippen LogP contribution in [0.2, 0.25) is 0 Å². The Labute approximate surface area is 54.9 Å². The fourth-order valence-corrected chi connectivity index (χ4v) is 0.736.